The van der Waals surface area contributed by atoms with Gasteiger partial charge < -0.3 is 4.42 Å². The van der Waals surface area contributed by atoms with Gasteiger partial charge in [-0.3, -0.25) is 4.98 Å². The van der Waals surface area contributed by atoms with Gasteiger partial charge in [0.1, 0.15) is 11.3 Å². The largest absolute Gasteiger partial charge is 0.456 e. The third-order valence-corrected chi connectivity index (χ3v) is 11.8. The first-order chi connectivity index (χ1) is 22.3. The Morgan fingerprint density at radius 2 is 1.27 bits per heavy atom. The number of hydrogen-bond acceptors (Lipinski definition) is 2. The summed E-state index contributed by atoms with van der Waals surface area (Å²) >= 11 is 0. The van der Waals surface area contributed by atoms with Gasteiger partial charge in [0.05, 0.1) is 5.69 Å². The first-order valence-corrected chi connectivity index (χ1v) is 16.7. The molecule has 2 heterocycles. The lowest BCUT2D eigenvalue weighted by atomic mass is 9.98. The van der Waals surface area contributed by atoms with E-state index in [4.69, 9.17) is 4.42 Å². The zero-order valence-electron chi connectivity index (χ0n) is 24.5. The lowest BCUT2D eigenvalue weighted by Gasteiger charge is -2.27. The highest BCUT2D eigenvalue weighted by Crippen LogP contribution is 2.62. The summed E-state index contributed by atoms with van der Waals surface area (Å²) in [5.74, 6) is 0.889. The molecule has 0 radical (unpaired) electrons. The Hall–Kier alpha value is -5.30. The van der Waals surface area contributed by atoms with Crippen LogP contribution in [0, 0.1) is 0 Å². The van der Waals surface area contributed by atoms with Gasteiger partial charge in [0, 0.05) is 28.4 Å². The molecule has 1 aliphatic rings. The lowest BCUT2D eigenvalue weighted by Crippen LogP contribution is -2.16. The van der Waals surface area contributed by atoms with Crippen LogP contribution in [-0.2, 0) is 0 Å². The number of hydrogen-bond donors (Lipinski definition) is 0. The standard InChI is InChI=1S/C42H28NOP/c1-3-13-30(14-4-1)45(31-15-5-2-6-16-31)42-35-18-8-7-17-32(35)34-23-24-39-37(41(34)42)27-40(44-39)33-19-11-12-28-21-22-29(26-36(28)33)38-20-9-10-25-43-38/h1-27,42H. The molecule has 9 rings (SSSR count). The molecule has 0 amide bonds. The fourth-order valence-corrected chi connectivity index (χ4v) is 9.93. The monoisotopic (exact) mass is 593 g/mol. The molecule has 2 nitrogen and oxygen atoms in total. The second-order valence-corrected chi connectivity index (χ2v) is 13.8. The fraction of sp³-hybridized carbons (Fsp3) is 0.0238. The molecule has 6 aromatic carbocycles. The van der Waals surface area contributed by atoms with Gasteiger partial charge in [-0.2, -0.15) is 0 Å². The molecule has 1 unspecified atom stereocenters. The van der Waals surface area contributed by atoms with Gasteiger partial charge in [0.25, 0.3) is 0 Å². The summed E-state index contributed by atoms with van der Waals surface area (Å²) in [7, 11) is -0.750. The Morgan fingerprint density at radius 3 is 2.04 bits per heavy atom. The fourth-order valence-electron chi connectivity index (χ4n) is 7.00. The Labute approximate surface area is 263 Å². The average Bonchev–Trinajstić information content (AvgIpc) is 3.69. The first-order valence-electron chi connectivity index (χ1n) is 15.3. The van der Waals surface area contributed by atoms with Crippen LogP contribution in [-0.4, -0.2) is 4.98 Å². The molecule has 0 N–H and O–H groups in total. The van der Waals surface area contributed by atoms with Crippen LogP contribution in [0.2, 0.25) is 0 Å². The third-order valence-electron chi connectivity index (χ3n) is 9.00. The Balaban J connectivity index is 1.27. The van der Waals surface area contributed by atoms with Crippen molar-refractivity contribution in [3.05, 3.63) is 175 Å². The first kappa shape index (κ1) is 26.1. The quantitative estimate of drug-likeness (QED) is 0.186. The molecule has 0 bridgehead atoms. The van der Waals surface area contributed by atoms with Crippen LogP contribution in [0.5, 0.6) is 0 Å². The molecular formula is C42H28NOP. The van der Waals surface area contributed by atoms with Crippen LogP contribution >= 0.6 is 7.92 Å². The molecule has 0 aliphatic heterocycles. The second kappa shape index (κ2) is 10.7. The van der Waals surface area contributed by atoms with E-state index in [1.165, 1.54) is 43.6 Å². The van der Waals surface area contributed by atoms with Crippen molar-refractivity contribution in [3.8, 4) is 33.7 Å². The van der Waals surface area contributed by atoms with Crippen LogP contribution in [0.4, 0.5) is 0 Å². The van der Waals surface area contributed by atoms with Gasteiger partial charge in [-0.1, -0.05) is 127 Å². The average molecular weight is 594 g/mol. The van der Waals surface area contributed by atoms with Crippen LogP contribution in [0.1, 0.15) is 16.8 Å². The van der Waals surface area contributed by atoms with E-state index >= 15 is 0 Å². The minimum Gasteiger partial charge on any atom is -0.456 e. The third kappa shape index (κ3) is 4.33. The molecule has 0 fully saturated rings. The van der Waals surface area contributed by atoms with Gasteiger partial charge in [-0.05, 0) is 81.9 Å². The predicted octanol–water partition coefficient (Wildman–Crippen LogP) is 10.5. The van der Waals surface area contributed by atoms with Crippen LogP contribution in [0.3, 0.4) is 0 Å². The zero-order chi connectivity index (χ0) is 29.7. The smallest absolute Gasteiger partial charge is 0.136 e. The molecule has 8 aromatic rings. The number of rotatable bonds is 5. The van der Waals surface area contributed by atoms with Gasteiger partial charge in [-0.15, -0.1) is 0 Å². The summed E-state index contributed by atoms with van der Waals surface area (Å²) in [6, 6.07) is 56.9. The number of furan rings is 1. The number of nitrogens with zero attached hydrogens (tertiary/aromatic N) is 1. The van der Waals surface area contributed by atoms with Crippen molar-refractivity contribution in [1.82, 2.24) is 4.98 Å². The van der Waals surface area contributed by atoms with E-state index in [-0.39, 0.29) is 5.66 Å². The summed E-state index contributed by atoms with van der Waals surface area (Å²) in [4.78, 5) is 4.61. The summed E-state index contributed by atoms with van der Waals surface area (Å²) in [6.45, 7) is 0. The second-order valence-electron chi connectivity index (χ2n) is 11.5. The normalized spacial score (nSPS) is 13.8. The van der Waals surface area contributed by atoms with Crippen molar-refractivity contribution in [2.45, 2.75) is 5.66 Å². The Morgan fingerprint density at radius 1 is 0.533 bits per heavy atom. The number of fused-ring (bicyclic) bond motifs is 6. The lowest BCUT2D eigenvalue weighted by molar-refractivity contribution is 0.632. The molecule has 0 saturated heterocycles. The summed E-state index contributed by atoms with van der Waals surface area (Å²) < 4.78 is 6.76. The maximum atomic E-state index is 6.76. The summed E-state index contributed by atoms with van der Waals surface area (Å²) in [6.07, 6.45) is 1.85. The summed E-state index contributed by atoms with van der Waals surface area (Å²) in [5, 5.41) is 6.29. The topological polar surface area (TPSA) is 26.0 Å². The van der Waals surface area contributed by atoms with Crippen molar-refractivity contribution < 1.29 is 4.42 Å². The zero-order valence-corrected chi connectivity index (χ0v) is 25.4. The van der Waals surface area contributed by atoms with E-state index < -0.39 is 7.92 Å². The molecule has 3 heteroatoms. The molecule has 212 valence electrons. The van der Waals surface area contributed by atoms with Crippen molar-refractivity contribution in [3.63, 3.8) is 0 Å². The van der Waals surface area contributed by atoms with Crippen molar-refractivity contribution >= 4 is 40.3 Å². The molecular weight excluding hydrogens is 565 g/mol. The maximum Gasteiger partial charge on any atom is 0.136 e. The van der Waals surface area contributed by atoms with Gasteiger partial charge in [-0.25, -0.2) is 0 Å². The van der Waals surface area contributed by atoms with E-state index in [9.17, 15) is 0 Å². The van der Waals surface area contributed by atoms with Crippen LogP contribution in [0.25, 0.3) is 55.4 Å². The maximum absolute atomic E-state index is 6.76. The Kier molecular flexibility index (Phi) is 6.21. The van der Waals surface area contributed by atoms with Crippen molar-refractivity contribution in [2.24, 2.45) is 0 Å². The van der Waals surface area contributed by atoms with E-state index in [2.05, 4.69) is 151 Å². The Bertz CT molecular complexity index is 2290. The van der Waals surface area contributed by atoms with Gasteiger partial charge in [0.15, 0.2) is 0 Å². The van der Waals surface area contributed by atoms with Crippen molar-refractivity contribution in [1.29, 1.82) is 0 Å². The summed E-state index contributed by atoms with van der Waals surface area (Å²) in [5.41, 5.74) is 9.69. The van der Waals surface area contributed by atoms with E-state index in [1.807, 2.05) is 18.3 Å². The number of aromatic nitrogens is 1. The molecule has 0 saturated carbocycles. The van der Waals surface area contributed by atoms with Gasteiger partial charge in [0.2, 0.25) is 0 Å². The van der Waals surface area contributed by atoms with E-state index in [0.717, 1.165) is 33.6 Å². The molecule has 1 aliphatic carbocycles. The van der Waals surface area contributed by atoms with Crippen molar-refractivity contribution in [2.75, 3.05) is 0 Å². The molecule has 2 aromatic heterocycles. The SMILES string of the molecule is c1ccc(P(c2ccccc2)C2c3ccccc3-c3ccc4oc(-c5cccc6ccc(-c7ccccn7)cc56)cc4c32)cc1. The number of benzene rings is 6. The highest BCUT2D eigenvalue weighted by atomic mass is 31.1. The molecule has 45 heavy (non-hydrogen) atoms. The predicted molar refractivity (Wildman–Crippen MR) is 189 cm³/mol. The minimum absolute atomic E-state index is 0.202. The highest BCUT2D eigenvalue weighted by Gasteiger charge is 2.38. The molecule has 1 atom stereocenters. The van der Waals surface area contributed by atoms with Gasteiger partial charge >= 0.3 is 0 Å². The molecule has 0 spiro atoms. The van der Waals surface area contributed by atoms with E-state index in [1.54, 1.807) is 0 Å². The van der Waals surface area contributed by atoms with Crippen LogP contribution < -0.4 is 10.6 Å². The highest BCUT2D eigenvalue weighted by molar-refractivity contribution is 7.73. The minimum atomic E-state index is -0.750. The van der Waals surface area contributed by atoms with Crippen LogP contribution in [0.15, 0.2) is 168 Å². The van der Waals surface area contributed by atoms with E-state index in [0.29, 0.717) is 0 Å². The number of pyridine rings is 1.